The molecule has 0 N–H and O–H groups in total. The highest BCUT2D eigenvalue weighted by atomic mass is 79.9. The van der Waals surface area contributed by atoms with Crippen molar-refractivity contribution in [2.24, 2.45) is 0 Å². The summed E-state index contributed by atoms with van der Waals surface area (Å²) in [4.78, 5) is 15.0. The predicted molar refractivity (Wildman–Crippen MR) is 67.2 cm³/mol. The van der Waals surface area contributed by atoms with Crippen LogP contribution in [-0.4, -0.2) is 23.7 Å². The second-order valence-corrected chi connectivity index (χ2v) is 4.41. The molecule has 0 aliphatic carbocycles. The van der Waals surface area contributed by atoms with Crippen molar-refractivity contribution in [2.75, 3.05) is 6.61 Å². The quantitative estimate of drug-likeness (QED) is 0.477. The molecule has 0 bridgehead atoms. The van der Waals surface area contributed by atoms with Crippen LogP contribution in [0.1, 0.15) is 18.9 Å². The molecule has 3 nitrogen and oxygen atoms in total. The molecule has 0 saturated carbocycles. The normalized spacial score (nSPS) is 12.4. The summed E-state index contributed by atoms with van der Waals surface area (Å²) < 4.78 is 43.6. The number of halogens is 4. The smallest absolute Gasteiger partial charge is 0.417 e. The van der Waals surface area contributed by atoms with Crippen LogP contribution < -0.4 is 0 Å². The van der Waals surface area contributed by atoms with Crippen LogP contribution in [0, 0.1) is 0 Å². The van der Waals surface area contributed by atoms with Crippen LogP contribution in [0.5, 0.6) is 0 Å². The van der Waals surface area contributed by atoms with Crippen molar-refractivity contribution >= 4 is 27.5 Å². The van der Waals surface area contributed by atoms with Crippen LogP contribution in [0.2, 0.25) is 0 Å². The molecule has 104 valence electrons. The zero-order valence-corrected chi connectivity index (χ0v) is 11.6. The summed E-state index contributed by atoms with van der Waals surface area (Å²) in [6, 6.07) is 2.59. The van der Waals surface area contributed by atoms with Gasteiger partial charge in [0, 0.05) is 17.8 Å². The van der Waals surface area contributed by atoms with Crippen LogP contribution in [0.4, 0.5) is 13.2 Å². The second-order valence-electron chi connectivity index (χ2n) is 3.59. The number of allylic oxidation sites excluding steroid dienone is 1. The number of carbonyl (C=O) groups is 1. The number of alkyl halides is 3. The van der Waals surface area contributed by atoms with Gasteiger partial charge in [-0.3, -0.25) is 0 Å². The van der Waals surface area contributed by atoms with Gasteiger partial charge in [0.05, 0.1) is 12.2 Å². The topological polar surface area (TPSA) is 39.2 Å². The minimum atomic E-state index is -4.65. The van der Waals surface area contributed by atoms with Crippen molar-refractivity contribution in [1.82, 2.24) is 4.98 Å². The van der Waals surface area contributed by atoms with Gasteiger partial charge in [0.2, 0.25) is 0 Å². The second kappa shape index (κ2) is 6.70. The van der Waals surface area contributed by atoms with Crippen LogP contribution in [-0.2, 0) is 9.53 Å². The third kappa shape index (κ3) is 5.02. The minimum absolute atomic E-state index is 0.0824. The van der Waals surface area contributed by atoms with Crippen molar-refractivity contribution in [3.63, 3.8) is 0 Å². The molecular weight excluding hydrogens is 327 g/mol. The van der Waals surface area contributed by atoms with Crippen LogP contribution in [0.3, 0.4) is 0 Å². The van der Waals surface area contributed by atoms with Crippen molar-refractivity contribution in [1.29, 1.82) is 0 Å². The maximum absolute atomic E-state index is 12.9. The van der Waals surface area contributed by atoms with Crippen LogP contribution >= 0.6 is 15.9 Å². The van der Waals surface area contributed by atoms with E-state index in [9.17, 15) is 18.0 Å². The molecular formula is C12H11BrF3NO2. The van der Waals surface area contributed by atoms with E-state index < -0.39 is 17.7 Å². The molecule has 0 aromatic carbocycles. The molecule has 1 rings (SSSR count). The van der Waals surface area contributed by atoms with Gasteiger partial charge < -0.3 is 4.74 Å². The Morgan fingerprint density at radius 2 is 2.16 bits per heavy atom. The molecule has 0 aliphatic rings. The zero-order chi connectivity index (χ0) is 14.5. The number of hydrogen-bond acceptors (Lipinski definition) is 3. The molecule has 0 atom stereocenters. The summed E-state index contributed by atoms with van der Waals surface area (Å²) in [6.45, 7) is 1.83. The molecule has 0 saturated heterocycles. The Morgan fingerprint density at radius 3 is 2.63 bits per heavy atom. The Balaban J connectivity index is 3.05. The molecule has 0 unspecified atom stereocenters. The number of pyridine rings is 1. The average Bonchev–Trinajstić information content (AvgIpc) is 2.33. The summed E-state index contributed by atoms with van der Waals surface area (Å²) in [5, 5.41) is 0. The number of ether oxygens (including phenoxy) is 1. The molecule has 0 radical (unpaired) electrons. The lowest BCUT2D eigenvalue weighted by Gasteiger charge is -2.11. The van der Waals surface area contributed by atoms with Gasteiger partial charge in [-0.05, 0) is 28.4 Å². The lowest BCUT2D eigenvalue weighted by molar-refractivity contribution is -0.138. The van der Waals surface area contributed by atoms with Gasteiger partial charge in [-0.2, -0.15) is 13.2 Å². The minimum Gasteiger partial charge on any atom is -0.463 e. The first-order chi connectivity index (χ1) is 8.84. The first-order valence-electron chi connectivity index (χ1n) is 5.42. The summed E-state index contributed by atoms with van der Waals surface area (Å²) in [5.74, 6) is -1.02. The van der Waals surface area contributed by atoms with Crippen molar-refractivity contribution in [3.05, 3.63) is 34.6 Å². The lowest BCUT2D eigenvalue weighted by Crippen LogP contribution is -2.14. The SMILES string of the molecule is CCCOC(=O)/C=C(/c1ccc(Br)nc1)C(F)(F)F. The molecule has 0 aliphatic heterocycles. The number of nitrogens with zero attached hydrogens (tertiary/aromatic N) is 1. The number of aromatic nitrogens is 1. The number of carbonyl (C=O) groups excluding carboxylic acids is 1. The fourth-order valence-electron chi connectivity index (χ4n) is 1.23. The fourth-order valence-corrected chi connectivity index (χ4v) is 1.46. The van der Waals surface area contributed by atoms with Gasteiger partial charge in [0.15, 0.2) is 0 Å². The van der Waals surface area contributed by atoms with Crippen molar-refractivity contribution < 1.29 is 22.7 Å². The molecule has 1 aromatic rings. The molecule has 1 heterocycles. The average molecular weight is 338 g/mol. The fraction of sp³-hybridized carbons (Fsp3) is 0.333. The number of hydrogen-bond donors (Lipinski definition) is 0. The van der Waals surface area contributed by atoms with E-state index in [1.807, 2.05) is 0 Å². The van der Waals surface area contributed by atoms with E-state index in [1.165, 1.54) is 12.1 Å². The maximum atomic E-state index is 12.9. The highest BCUT2D eigenvalue weighted by Crippen LogP contribution is 2.33. The highest BCUT2D eigenvalue weighted by molar-refractivity contribution is 9.10. The highest BCUT2D eigenvalue weighted by Gasteiger charge is 2.35. The predicted octanol–water partition coefficient (Wildman–Crippen LogP) is 3.74. The van der Waals surface area contributed by atoms with Crippen LogP contribution in [0.25, 0.3) is 5.57 Å². The van der Waals surface area contributed by atoms with E-state index in [-0.39, 0.29) is 12.2 Å². The van der Waals surface area contributed by atoms with Gasteiger partial charge in [-0.15, -0.1) is 0 Å². The van der Waals surface area contributed by atoms with Gasteiger partial charge in [0.1, 0.15) is 4.60 Å². The van der Waals surface area contributed by atoms with Crippen molar-refractivity contribution in [3.8, 4) is 0 Å². The lowest BCUT2D eigenvalue weighted by atomic mass is 10.1. The Hall–Kier alpha value is -1.37. The number of esters is 1. The number of rotatable bonds is 4. The largest absolute Gasteiger partial charge is 0.463 e. The zero-order valence-electron chi connectivity index (χ0n) is 10.00. The Bertz CT molecular complexity index is 469. The Morgan fingerprint density at radius 1 is 1.47 bits per heavy atom. The summed E-state index contributed by atoms with van der Waals surface area (Å²) >= 11 is 3.03. The molecule has 0 amide bonds. The summed E-state index contributed by atoms with van der Waals surface area (Å²) in [5.41, 5.74) is -1.27. The Kier molecular flexibility index (Phi) is 5.53. The van der Waals surface area contributed by atoms with Crippen LogP contribution in [0.15, 0.2) is 29.0 Å². The monoisotopic (exact) mass is 337 g/mol. The van der Waals surface area contributed by atoms with E-state index in [0.717, 1.165) is 6.20 Å². The maximum Gasteiger partial charge on any atom is 0.417 e. The third-order valence-electron chi connectivity index (χ3n) is 2.05. The first kappa shape index (κ1) is 15.7. The third-order valence-corrected chi connectivity index (χ3v) is 2.52. The van der Waals surface area contributed by atoms with Crippen molar-refractivity contribution in [2.45, 2.75) is 19.5 Å². The van der Waals surface area contributed by atoms with E-state index in [4.69, 9.17) is 0 Å². The molecule has 0 spiro atoms. The van der Waals surface area contributed by atoms with Gasteiger partial charge >= 0.3 is 12.1 Å². The van der Waals surface area contributed by atoms with E-state index in [2.05, 4.69) is 25.7 Å². The van der Waals surface area contributed by atoms with E-state index >= 15 is 0 Å². The van der Waals surface area contributed by atoms with Gasteiger partial charge in [-0.25, -0.2) is 9.78 Å². The Labute approximate surface area is 116 Å². The molecule has 19 heavy (non-hydrogen) atoms. The van der Waals surface area contributed by atoms with E-state index in [1.54, 1.807) is 6.92 Å². The first-order valence-corrected chi connectivity index (χ1v) is 6.21. The molecule has 1 aromatic heterocycles. The summed E-state index contributed by atoms with van der Waals surface area (Å²) in [7, 11) is 0. The summed E-state index contributed by atoms with van der Waals surface area (Å²) in [6.07, 6.45) is -2.63. The van der Waals surface area contributed by atoms with E-state index in [0.29, 0.717) is 17.1 Å². The molecule has 7 heteroatoms. The molecule has 0 fully saturated rings. The van der Waals surface area contributed by atoms with Gasteiger partial charge in [-0.1, -0.05) is 13.0 Å². The standard InChI is InChI=1S/C12H11BrF3NO2/c1-2-5-19-11(18)6-9(12(14,15)16)8-3-4-10(13)17-7-8/h3-4,6-7H,2,5H2,1H3/b9-6-. The van der Waals surface area contributed by atoms with Gasteiger partial charge in [0.25, 0.3) is 0 Å².